The lowest BCUT2D eigenvalue weighted by Gasteiger charge is -2.42. The summed E-state index contributed by atoms with van der Waals surface area (Å²) in [6.07, 6.45) is -9.04. The van der Waals surface area contributed by atoms with Crippen LogP contribution in [0.5, 0.6) is 11.5 Å². The lowest BCUT2D eigenvalue weighted by atomic mass is 9.99. The van der Waals surface area contributed by atoms with Crippen molar-refractivity contribution in [2.75, 3.05) is 26.3 Å². The summed E-state index contributed by atoms with van der Waals surface area (Å²) in [7, 11) is 0. The van der Waals surface area contributed by atoms with Crippen molar-refractivity contribution in [2.45, 2.75) is 56.1 Å². The highest BCUT2D eigenvalue weighted by Gasteiger charge is 2.48. The van der Waals surface area contributed by atoms with Gasteiger partial charge in [-0.2, -0.15) is 0 Å². The lowest BCUT2D eigenvalue weighted by Crippen LogP contribution is -2.61. The number of esters is 1. The predicted octanol–water partition coefficient (Wildman–Crippen LogP) is -0.912. The Bertz CT molecular complexity index is 1190. The standard InChI is InChI=1S/C28H36N2O12/c1-16(33)39-27-25(37)23(15-32)42-28(26(27)38)41-21(12-29-10-17-6-2-4-8-19(17)34)22(14-31)40-24(36)13-30-11-18-7-3-5-9-20(18)35/h2-11,21-28,31-32,34-38H,12-15H2,1H3/t21-,22+,23-,24-,25+,26+,27+,28-/m0/s1. The van der Waals surface area contributed by atoms with Crippen molar-refractivity contribution in [3.05, 3.63) is 59.7 Å². The highest BCUT2D eigenvalue weighted by Crippen LogP contribution is 2.27. The third kappa shape index (κ3) is 9.27. The SMILES string of the molecule is CC(=O)O[C@H]1[C@@H](O)[C@@H](O[C@@H](CN=Cc2ccccc2O)[C@@H](CO)O[C@H](O)CN=Cc2ccccc2O)O[C@@H](CO)[C@H]1O. The Balaban J connectivity index is 1.78. The number of hydrogen-bond acceptors (Lipinski definition) is 14. The molecule has 42 heavy (non-hydrogen) atoms. The van der Waals surface area contributed by atoms with E-state index in [2.05, 4.69) is 9.98 Å². The van der Waals surface area contributed by atoms with E-state index in [1.807, 2.05) is 0 Å². The van der Waals surface area contributed by atoms with Crippen LogP contribution in [0.15, 0.2) is 58.5 Å². The van der Waals surface area contributed by atoms with Crippen LogP contribution in [0.1, 0.15) is 18.1 Å². The molecule has 14 heteroatoms. The van der Waals surface area contributed by atoms with Gasteiger partial charge >= 0.3 is 5.97 Å². The van der Waals surface area contributed by atoms with Gasteiger partial charge in [-0.1, -0.05) is 24.3 Å². The normalized spacial score (nSPS) is 25.0. The van der Waals surface area contributed by atoms with Crippen LogP contribution in [-0.4, -0.2) is 130 Å². The summed E-state index contributed by atoms with van der Waals surface area (Å²) in [6, 6.07) is 12.8. The van der Waals surface area contributed by atoms with Gasteiger partial charge in [0, 0.05) is 30.5 Å². The molecule has 0 unspecified atom stereocenters. The Labute approximate surface area is 241 Å². The number of ether oxygens (including phenoxy) is 4. The summed E-state index contributed by atoms with van der Waals surface area (Å²) in [5.41, 5.74) is 0.790. The number of para-hydroxylation sites is 2. The summed E-state index contributed by atoms with van der Waals surface area (Å²) in [5, 5.41) is 71.3. The van der Waals surface area contributed by atoms with Crippen molar-refractivity contribution in [1.29, 1.82) is 0 Å². The molecule has 1 fully saturated rings. The van der Waals surface area contributed by atoms with E-state index in [1.54, 1.807) is 36.4 Å². The molecular formula is C28H36N2O12. The van der Waals surface area contributed by atoms with Crippen LogP contribution in [0.3, 0.4) is 0 Å². The minimum absolute atomic E-state index is 0.00919. The minimum atomic E-state index is -1.72. The number of benzene rings is 2. The van der Waals surface area contributed by atoms with E-state index in [4.69, 9.17) is 18.9 Å². The number of carbonyl (C=O) groups is 1. The summed E-state index contributed by atoms with van der Waals surface area (Å²) in [6.45, 7) is -0.846. The number of nitrogens with zero attached hydrogens (tertiary/aromatic N) is 2. The minimum Gasteiger partial charge on any atom is -0.507 e. The smallest absolute Gasteiger partial charge is 0.303 e. The highest BCUT2D eigenvalue weighted by atomic mass is 16.7. The molecule has 0 aromatic heterocycles. The van der Waals surface area contributed by atoms with Gasteiger partial charge in [-0.05, 0) is 24.3 Å². The lowest BCUT2D eigenvalue weighted by molar-refractivity contribution is -0.322. The van der Waals surface area contributed by atoms with Gasteiger partial charge in [0.15, 0.2) is 18.7 Å². The van der Waals surface area contributed by atoms with Crippen molar-refractivity contribution in [1.82, 2.24) is 0 Å². The van der Waals surface area contributed by atoms with Gasteiger partial charge < -0.3 is 54.7 Å². The molecule has 2 aromatic rings. The summed E-state index contributed by atoms with van der Waals surface area (Å²) in [5.74, 6) is -0.852. The summed E-state index contributed by atoms with van der Waals surface area (Å²) in [4.78, 5) is 19.9. The van der Waals surface area contributed by atoms with Crippen LogP contribution in [0.25, 0.3) is 0 Å². The van der Waals surface area contributed by atoms with E-state index in [0.717, 1.165) is 6.92 Å². The average molecular weight is 593 g/mol. The third-order valence-electron chi connectivity index (χ3n) is 6.24. The molecule has 1 heterocycles. The van der Waals surface area contributed by atoms with Crippen LogP contribution < -0.4 is 0 Å². The van der Waals surface area contributed by atoms with Gasteiger partial charge in [0.25, 0.3) is 0 Å². The van der Waals surface area contributed by atoms with Gasteiger partial charge in [-0.3, -0.25) is 14.8 Å². The quantitative estimate of drug-likeness (QED) is 0.0805. The Kier molecular flexibility index (Phi) is 12.8. The van der Waals surface area contributed by atoms with E-state index >= 15 is 0 Å². The molecule has 14 nitrogen and oxygen atoms in total. The first-order chi connectivity index (χ1) is 20.1. The molecule has 0 bridgehead atoms. The number of aliphatic imine (C=N–C) groups is 2. The van der Waals surface area contributed by atoms with E-state index < -0.39 is 68.4 Å². The zero-order valence-electron chi connectivity index (χ0n) is 22.8. The maximum atomic E-state index is 11.6. The maximum Gasteiger partial charge on any atom is 0.303 e. The van der Waals surface area contributed by atoms with Crippen molar-refractivity contribution in [3.8, 4) is 11.5 Å². The summed E-state index contributed by atoms with van der Waals surface area (Å²) < 4.78 is 22.0. The number of aliphatic hydroxyl groups is 5. The molecular weight excluding hydrogens is 556 g/mol. The first-order valence-electron chi connectivity index (χ1n) is 13.1. The molecule has 3 rings (SSSR count). The van der Waals surface area contributed by atoms with Crippen LogP contribution >= 0.6 is 0 Å². The predicted molar refractivity (Wildman–Crippen MR) is 147 cm³/mol. The molecule has 1 aliphatic heterocycles. The fourth-order valence-electron chi connectivity index (χ4n) is 4.10. The van der Waals surface area contributed by atoms with E-state index in [9.17, 15) is 40.5 Å². The largest absolute Gasteiger partial charge is 0.507 e. The Hall–Kier alpha value is -3.47. The average Bonchev–Trinajstić information content (AvgIpc) is 2.96. The van der Waals surface area contributed by atoms with E-state index in [1.165, 1.54) is 24.6 Å². The molecule has 0 spiro atoms. The molecule has 1 saturated heterocycles. The van der Waals surface area contributed by atoms with E-state index in [-0.39, 0.29) is 24.6 Å². The van der Waals surface area contributed by atoms with Gasteiger partial charge in [0.2, 0.25) is 0 Å². The molecule has 2 aromatic carbocycles. The van der Waals surface area contributed by atoms with Crippen molar-refractivity contribution in [3.63, 3.8) is 0 Å². The van der Waals surface area contributed by atoms with E-state index in [0.29, 0.717) is 11.1 Å². The second-order valence-corrected chi connectivity index (χ2v) is 9.37. The second kappa shape index (κ2) is 16.2. The zero-order valence-corrected chi connectivity index (χ0v) is 22.8. The van der Waals surface area contributed by atoms with Gasteiger partial charge in [-0.25, -0.2) is 0 Å². The number of phenolic OH excluding ortho intramolecular Hbond substituents is 2. The number of aromatic hydroxyl groups is 2. The number of rotatable bonds is 14. The Morgan fingerprint density at radius 3 is 2.02 bits per heavy atom. The van der Waals surface area contributed by atoms with Crippen LogP contribution in [0.4, 0.5) is 0 Å². The molecule has 1 aliphatic rings. The van der Waals surface area contributed by atoms with Gasteiger partial charge in [-0.15, -0.1) is 0 Å². The van der Waals surface area contributed by atoms with Gasteiger partial charge in [0.05, 0.1) is 26.3 Å². The third-order valence-corrected chi connectivity index (χ3v) is 6.24. The van der Waals surface area contributed by atoms with Crippen LogP contribution in [0.2, 0.25) is 0 Å². The molecule has 0 aliphatic carbocycles. The molecule has 0 radical (unpaired) electrons. The Morgan fingerprint density at radius 1 is 0.929 bits per heavy atom. The highest BCUT2D eigenvalue weighted by molar-refractivity contribution is 5.83. The number of hydrogen-bond donors (Lipinski definition) is 7. The molecule has 230 valence electrons. The Morgan fingerprint density at radius 2 is 1.50 bits per heavy atom. The van der Waals surface area contributed by atoms with Gasteiger partial charge in [0.1, 0.15) is 42.0 Å². The van der Waals surface area contributed by atoms with Crippen molar-refractivity contribution < 1.29 is 59.5 Å². The molecule has 0 amide bonds. The first kappa shape index (κ1) is 33.0. The van der Waals surface area contributed by atoms with Crippen molar-refractivity contribution in [2.24, 2.45) is 9.98 Å². The summed E-state index contributed by atoms with van der Waals surface area (Å²) >= 11 is 0. The maximum absolute atomic E-state index is 11.6. The number of carbonyl (C=O) groups excluding carboxylic acids is 1. The number of aliphatic hydroxyl groups excluding tert-OH is 5. The topological polar surface area (TPSA) is 220 Å². The monoisotopic (exact) mass is 592 g/mol. The molecule has 8 atom stereocenters. The molecule has 0 saturated carbocycles. The fraction of sp³-hybridized carbons (Fsp3) is 0.464. The first-order valence-corrected chi connectivity index (χ1v) is 13.1. The zero-order chi connectivity index (χ0) is 30.6. The second-order valence-electron chi connectivity index (χ2n) is 9.37. The van der Waals surface area contributed by atoms with Crippen LogP contribution in [0, 0.1) is 0 Å². The van der Waals surface area contributed by atoms with Crippen molar-refractivity contribution >= 4 is 18.4 Å². The van der Waals surface area contributed by atoms with Crippen LogP contribution in [-0.2, 0) is 23.7 Å². The molecule has 7 N–H and O–H groups in total. The fourth-order valence-corrected chi connectivity index (χ4v) is 4.10. The number of phenols is 2.